The SMILES string of the molecule is CCCCNc1ccnc(NCCOC)n1. The first-order chi connectivity index (χ1) is 7.86. The average molecular weight is 224 g/mol. The Kier molecular flexibility index (Phi) is 6.25. The van der Waals surface area contributed by atoms with Crippen molar-refractivity contribution in [3.8, 4) is 0 Å². The van der Waals surface area contributed by atoms with Crippen molar-refractivity contribution in [3.63, 3.8) is 0 Å². The van der Waals surface area contributed by atoms with Gasteiger partial charge in [-0.25, -0.2) is 4.98 Å². The Morgan fingerprint density at radius 3 is 2.94 bits per heavy atom. The molecule has 0 amide bonds. The monoisotopic (exact) mass is 224 g/mol. The van der Waals surface area contributed by atoms with Crippen LogP contribution in [0.1, 0.15) is 19.8 Å². The number of hydrogen-bond donors (Lipinski definition) is 2. The molecule has 90 valence electrons. The Labute approximate surface area is 96.6 Å². The lowest BCUT2D eigenvalue weighted by molar-refractivity contribution is 0.210. The summed E-state index contributed by atoms with van der Waals surface area (Å²) in [5.74, 6) is 1.50. The smallest absolute Gasteiger partial charge is 0.224 e. The molecule has 0 saturated carbocycles. The zero-order valence-electron chi connectivity index (χ0n) is 9.99. The second kappa shape index (κ2) is 7.87. The van der Waals surface area contributed by atoms with Crippen molar-refractivity contribution in [3.05, 3.63) is 12.3 Å². The van der Waals surface area contributed by atoms with Gasteiger partial charge in [-0.3, -0.25) is 0 Å². The van der Waals surface area contributed by atoms with E-state index in [0.717, 1.165) is 25.3 Å². The molecule has 5 heteroatoms. The summed E-state index contributed by atoms with van der Waals surface area (Å²) in [7, 11) is 1.67. The van der Waals surface area contributed by atoms with Crippen molar-refractivity contribution in [2.45, 2.75) is 19.8 Å². The van der Waals surface area contributed by atoms with Gasteiger partial charge < -0.3 is 15.4 Å². The number of hydrogen-bond acceptors (Lipinski definition) is 5. The van der Waals surface area contributed by atoms with Crippen LogP contribution in [0.5, 0.6) is 0 Å². The van der Waals surface area contributed by atoms with Crippen molar-refractivity contribution < 1.29 is 4.74 Å². The fourth-order valence-electron chi connectivity index (χ4n) is 1.20. The lowest BCUT2D eigenvalue weighted by Crippen LogP contribution is -2.11. The quantitative estimate of drug-likeness (QED) is 0.659. The number of anilines is 2. The van der Waals surface area contributed by atoms with Crippen molar-refractivity contribution in [2.24, 2.45) is 0 Å². The predicted molar refractivity (Wildman–Crippen MR) is 65.8 cm³/mol. The topological polar surface area (TPSA) is 59.1 Å². The van der Waals surface area contributed by atoms with E-state index in [1.165, 1.54) is 6.42 Å². The number of rotatable bonds is 8. The molecule has 0 aliphatic rings. The standard InChI is InChI=1S/C11H20N4O/c1-3-4-6-12-10-5-7-13-11(15-10)14-8-9-16-2/h5,7H,3-4,6,8-9H2,1-2H3,(H2,12,13,14,15). The van der Waals surface area contributed by atoms with Gasteiger partial charge in [0.1, 0.15) is 5.82 Å². The molecular formula is C11H20N4O. The van der Waals surface area contributed by atoms with E-state index in [2.05, 4.69) is 27.5 Å². The number of methoxy groups -OCH3 is 1. The molecule has 16 heavy (non-hydrogen) atoms. The van der Waals surface area contributed by atoms with E-state index in [-0.39, 0.29) is 0 Å². The van der Waals surface area contributed by atoms with Gasteiger partial charge in [0.25, 0.3) is 0 Å². The van der Waals surface area contributed by atoms with Gasteiger partial charge in [0.2, 0.25) is 5.95 Å². The van der Waals surface area contributed by atoms with Gasteiger partial charge in [0, 0.05) is 26.4 Å². The van der Waals surface area contributed by atoms with Gasteiger partial charge in [-0.2, -0.15) is 4.98 Å². The number of ether oxygens (including phenoxy) is 1. The average Bonchev–Trinajstić information content (AvgIpc) is 2.30. The third kappa shape index (κ3) is 4.93. The Bertz CT molecular complexity index is 268. The van der Waals surface area contributed by atoms with Crippen LogP contribution in [0.25, 0.3) is 0 Å². The highest BCUT2D eigenvalue weighted by molar-refractivity contribution is 5.39. The predicted octanol–water partition coefficient (Wildman–Crippen LogP) is 1.75. The van der Waals surface area contributed by atoms with Crippen LogP contribution >= 0.6 is 0 Å². The summed E-state index contributed by atoms with van der Waals surface area (Å²) in [4.78, 5) is 8.45. The van der Waals surface area contributed by atoms with Crippen molar-refractivity contribution in [1.82, 2.24) is 9.97 Å². The second-order valence-electron chi connectivity index (χ2n) is 3.47. The van der Waals surface area contributed by atoms with Crippen molar-refractivity contribution >= 4 is 11.8 Å². The first-order valence-electron chi connectivity index (χ1n) is 5.66. The molecule has 0 bridgehead atoms. The highest BCUT2D eigenvalue weighted by atomic mass is 16.5. The first kappa shape index (κ1) is 12.7. The third-order valence-corrected chi connectivity index (χ3v) is 2.08. The summed E-state index contributed by atoms with van der Waals surface area (Å²) in [5.41, 5.74) is 0. The molecule has 0 aliphatic heterocycles. The maximum Gasteiger partial charge on any atom is 0.224 e. The number of nitrogens with zero attached hydrogens (tertiary/aromatic N) is 2. The maximum absolute atomic E-state index is 4.94. The molecular weight excluding hydrogens is 204 g/mol. The molecule has 1 rings (SSSR count). The van der Waals surface area contributed by atoms with Gasteiger partial charge in [0.05, 0.1) is 6.61 Å². The van der Waals surface area contributed by atoms with Crippen LogP contribution in [0.15, 0.2) is 12.3 Å². The van der Waals surface area contributed by atoms with Crippen LogP contribution in [0.2, 0.25) is 0 Å². The second-order valence-corrected chi connectivity index (χ2v) is 3.47. The van der Waals surface area contributed by atoms with E-state index in [1.54, 1.807) is 13.3 Å². The van der Waals surface area contributed by atoms with Crippen LogP contribution < -0.4 is 10.6 Å². The summed E-state index contributed by atoms with van der Waals surface area (Å²) >= 11 is 0. The summed E-state index contributed by atoms with van der Waals surface area (Å²) in [6.07, 6.45) is 4.07. The molecule has 0 fully saturated rings. The molecule has 0 aromatic carbocycles. The third-order valence-electron chi connectivity index (χ3n) is 2.08. The minimum absolute atomic E-state index is 0.638. The molecule has 0 radical (unpaired) electrons. The molecule has 0 unspecified atom stereocenters. The van der Waals surface area contributed by atoms with E-state index in [0.29, 0.717) is 12.6 Å². The Hall–Kier alpha value is -1.36. The normalized spacial score (nSPS) is 10.1. The fraction of sp³-hybridized carbons (Fsp3) is 0.636. The molecule has 0 saturated heterocycles. The molecule has 0 aliphatic carbocycles. The van der Waals surface area contributed by atoms with Gasteiger partial charge >= 0.3 is 0 Å². The molecule has 0 atom stereocenters. The van der Waals surface area contributed by atoms with Gasteiger partial charge in [0.15, 0.2) is 0 Å². The van der Waals surface area contributed by atoms with Gasteiger partial charge in [-0.1, -0.05) is 13.3 Å². The Balaban J connectivity index is 2.37. The number of aromatic nitrogens is 2. The van der Waals surface area contributed by atoms with Crippen LogP contribution in [0.3, 0.4) is 0 Å². The Morgan fingerprint density at radius 1 is 1.31 bits per heavy atom. The van der Waals surface area contributed by atoms with Crippen LogP contribution in [-0.4, -0.2) is 36.8 Å². The highest BCUT2D eigenvalue weighted by Crippen LogP contribution is 2.05. The highest BCUT2D eigenvalue weighted by Gasteiger charge is 1.97. The van der Waals surface area contributed by atoms with Crippen LogP contribution in [0.4, 0.5) is 11.8 Å². The van der Waals surface area contributed by atoms with Crippen molar-refractivity contribution in [1.29, 1.82) is 0 Å². The zero-order chi connectivity index (χ0) is 11.6. The van der Waals surface area contributed by atoms with Gasteiger partial charge in [-0.15, -0.1) is 0 Å². The lowest BCUT2D eigenvalue weighted by Gasteiger charge is -2.07. The molecule has 0 spiro atoms. The van der Waals surface area contributed by atoms with Crippen LogP contribution in [0, 0.1) is 0 Å². The fourth-order valence-corrected chi connectivity index (χ4v) is 1.20. The van der Waals surface area contributed by atoms with E-state index in [4.69, 9.17) is 4.74 Å². The van der Waals surface area contributed by atoms with E-state index in [1.807, 2.05) is 6.07 Å². The van der Waals surface area contributed by atoms with E-state index in [9.17, 15) is 0 Å². The number of nitrogens with one attached hydrogen (secondary N) is 2. The summed E-state index contributed by atoms with van der Waals surface area (Å²) in [6, 6.07) is 1.87. The first-order valence-corrected chi connectivity index (χ1v) is 5.66. The molecule has 1 aromatic rings. The molecule has 1 heterocycles. The summed E-state index contributed by atoms with van der Waals surface area (Å²) in [6.45, 7) is 4.48. The maximum atomic E-state index is 4.94. The Morgan fingerprint density at radius 2 is 2.19 bits per heavy atom. The number of unbranched alkanes of at least 4 members (excludes halogenated alkanes) is 1. The molecule has 5 nitrogen and oxygen atoms in total. The summed E-state index contributed by atoms with van der Waals surface area (Å²) < 4.78 is 4.94. The largest absolute Gasteiger partial charge is 0.383 e. The van der Waals surface area contributed by atoms with Crippen LogP contribution in [-0.2, 0) is 4.74 Å². The molecule has 1 aromatic heterocycles. The summed E-state index contributed by atoms with van der Waals surface area (Å²) in [5, 5.41) is 6.34. The van der Waals surface area contributed by atoms with Gasteiger partial charge in [-0.05, 0) is 12.5 Å². The molecule has 2 N–H and O–H groups in total. The lowest BCUT2D eigenvalue weighted by atomic mass is 10.3. The van der Waals surface area contributed by atoms with E-state index >= 15 is 0 Å². The van der Waals surface area contributed by atoms with E-state index < -0.39 is 0 Å². The zero-order valence-corrected chi connectivity index (χ0v) is 9.99. The minimum atomic E-state index is 0.638. The minimum Gasteiger partial charge on any atom is -0.383 e. The van der Waals surface area contributed by atoms with Crippen molar-refractivity contribution in [2.75, 3.05) is 37.4 Å².